The number of hydrogen-bond donors (Lipinski definition) is 1. The van der Waals surface area contributed by atoms with Crippen LogP contribution in [0, 0.1) is 6.92 Å². The van der Waals surface area contributed by atoms with Gasteiger partial charge in [0.05, 0.1) is 16.9 Å². The first-order chi connectivity index (χ1) is 5.66. The summed E-state index contributed by atoms with van der Waals surface area (Å²) in [4.78, 5) is 4.13. The Morgan fingerprint density at radius 1 is 1.58 bits per heavy atom. The molecule has 12 heavy (non-hydrogen) atoms. The minimum absolute atomic E-state index is 0.508. The van der Waals surface area contributed by atoms with Gasteiger partial charge in [-0.25, -0.2) is 9.50 Å². The van der Waals surface area contributed by atoms with Gasteiger partial charge in [0, 0.05) is 6.07 Å². The second kappa shape index (κ2) is 2.35. The average Bonchev–Trinajstić information content (AvgIpc) is 2.30. The zero-order valence-electron chi connectivity index (χ0n) is 6.45. The summed E-state index contributed by atoms with van der Waals surface area (Å²) in [7, 11) is 0. The lowest BCUT2D eigenvalue weighted by atomic mass is 10.4. The maximum Gasteiger partial charge on any atom is 0.157 e. The number of nitrogens with two attached hydrogens (primary N) is 1. The van der Waals surface area contributed by atoms with Crippen LogP contribution in [0.4, 0.5) is 5.69 Å². The smallest absolute Gasteiger partial charge is 0.157 e. The summed E-state index contributed by atoms with van der Waals surface area (Å²) in [6, 6.07) is 1.69. The van der Waals surface area contributed by atoms with Gasteiger partial charge >= 0.3 is 0 Å². The number of aromatic nitrogens is 3. The molecule has 5 heteroatoms. The van der Waals surface area contributed by atoms with Crippen molar-refractivity contribution in [1.82, 2.24) is 14.6 Å². The molecule has 0 fully saturated rings. The Morgan fingerprint density at radius 3 is 3.08 bits per heavy atom. The molecule has 2 aromatic rings. The number of aryl methyl sites for hydroxylation is 1. The molecule has 2 rings (SSSR count). The standard InChI is InChI=1S/C7H7ClN4/c1-4-10-7-2-5(8)6(9)3-12(7)11-4/h2-3H,9H2,1H3. The van der Waals surface area contributed by atoms with E-state index in [1.807, 2.05) is 6.92 Å². The molecule has 0 atom stereocenters. The number of fused-ring (bicyclic) bond motifs is 1. The zero-order chi connectivity index (χ0) is 8.72. The van der Waals surface area contributed by atoms with Gasteiger partial charge in [-0.15, -0.1) is 0 Å². The molecule has 0 bridgehead atoms. The number of rotatable bonds is 0. The normalized spacial score (nSPS) is 10.8. The van der Waals surface area contributed by atoms with Crippen LogP contribution in [0.3, 0.4) is 0 Å². The molecular formula is C7H7ClN4. The van der Waals surface area contributed by atoms with Gasteiger partial charge in [-0.05, 0) is 6.92 Å². The third kappa shape index (κ3) is 1.00. The molecule has 2 heterocycles. The first kappa shape index (κ1) is 7.36. The Kier molecular flexibility index (Phi) is 1.44. The lowest BCUT2D eigenvalue weighted by molar-refractivity contribution is 0.932. The van der Waals surface area contributed by atoms with Gasteiger partial charge in [0.2, 0.25) is 0 Å². The van der Waals surface area contributed by atoms with Crippen LogP contribution in [-0.4, -0.2) is 14.6 Å². The molecule has 0 saturated carbocycles. The molecule has 0 saturated heterocycles. The van der Waals surface area contributed by atoms with E-state index in [1.165, 1.54) is 0 Å². The van der Waals surface area contributed by atoms with E-state index >= 15 is 0 Å². The van der Waals surface area contributed by atoms with Gasteiger partial charge in [0.25, 0.3) is 0 Å². The van der Waals surface area contributed by atoms with E-state index < -0.39 is 0 Å². The maximum atomic E-state index is 5.79. The molecule has 0 spiro atoms. The molecule has 0 unspecified atom stereocenters. The molecular weight excluding hydrogens is 176 g/mol. The van der Waals surface area contributed by atoms with E-state index in [2.05, 4.69) is 10.1 Å². The van der Waals surface area contributed by atoms with Crippen molar-refractivity contribution in [1.29, 1.82) is 0 Å². The summed E-state index contributed by atoms with van der Waals surface area (Å²) in [6.45, 7) is 1.82. The van der Waals surface area contributed by atoms with Crippen molar-refractivity contribution in [3.8, 4) is 0 Å². The Bertz CT molecular complexity index is 395. The number of pyridine rings is 1. The Morgan fingerprint density at radius 2 is 2.33 bits per heavy atom. The molecule has 2 N–H and O–H groups in total. The molecule has 0 radical (unpaired) electrons. The van der Waals surface area contributed by atoms with Gasteiger partial charge in [-0.3, -0.25) is 0 Å². The van der Waals surface area contributed by atoms with Crippen LogP contribution in [0.5, 0.6) is 0 Å². The lowest BCUT2D eigenvalue weighted by Crippen LogP contribution is -1.93. The van der Waals surface area contributed by atoms with E-state index in [9.17, 15) is 0 Å². The Balaban J connectivity index is 2.83. The fourth-order valence-electron chi connectivity index (χ4n) is 1.03. The van der Waals surface area contributed by atoms with Crippen molar-refractivity contribution in [2.45, 2.75) is 6.92 Å². The second-order valence-corrected chi connectivity index (χ2v) is 2.95. The minimum atomic E-state index is 0.508. The molecule has 4 nitrogen and oxygen atoms in total. The van der Waals surface area contributed by atoms with E-state index in [0.29, 0.717) is 22.2 Å². The number of nitrogen functional groups attached to an aromatic ring is 1. The molecule has 62 valence electrons. The van der Waals surface area contributed by atoms with Crippen molar-refractivity contribution in [2.24, 2.45) is 0 Å². The van der Waals surface area contributed by atoms with Crippen LogP contribution in [0.25, 0.3) is 5.65 Å². The summed E-state index contributed by atoms with van der Waals surface area (Å²) in [5.74, 6) is 0.705. The number of hydrogen-bond acceptors (Lipinski definition) is 3. The van der Waals surface area contributed by atoms with Crippen LogP contribution in [0.2, 0.25) is 5.02 Å². The molecule has 0 aliphatic heterocycles. The zero-order valence-corrected chi connectivity index (χ0v) is 7.21. The third-order valence-electron chi connectivity index (χ3n) is 1.56. The molecule has 0 aliphatic carbocycles. The van der Waals surface area contributed by atoms with Gasteiger partial charge in [-0.2, -0.15) is 5.10 Å². The number of anilines is 1. The Hall–Kier alpha value is -1.29. The van der Waals surface area contributed by atoms with Crippen molar-refractivity contribution in [3.05, 3.63) is 23.1 Å². The van der Waals surface area contributed by atoms with Gasteiger partial charge < -0.3 is 5.73 Å². The fraction of sp³-hybridized carbons (Fsp3) is 0.143. The maximum absolute atomic E-state index is 5.79. The lowest BCUT2D eigenvalue weighted by Gasteiger charge is -1.96. The van der Waals surface area contributed by atoms with Crippen LogP contribution < -0.4 is 5.73 Å². The van der Waals surface area contributed by atoms with Gasteiger partial charge in [-0.1, -0.05) is 11.6 Å². The van der Waals surface area contributed by atoms with Crippen molar-refractivity contribution >= 4 is 22.9 Å². The summed E-state index contributed by atoms with van der Waals surface area (Å²) in [5, 5.41) is 4.59. The van der Waals surface area contributed by atoms with Crippen LogP contribution in [0.1, 0.15) is 5.82 Å². The summed E-state index contributed by atoms with van der Waals surface area (Å²) >= 11 is 5.79. The monoisotopic (exact) mass is 182 g/mol. The second-order valence-electron chi connectivity index (χ2n) is 2.54. The minimum Gasteiger partial charge on any atom is -0.396 e. The van der Waals surface area contributed by atoms with E-state index in [-0.39, 0.29) is 0 Å². The highest BCUT2D eigenvalue weighted by Crippen LogP contribution is 2.18. The highest BCUT2D eigenvalue weighted by Gasteiger charge is 2.02. The number of nitrogens with zero attached hydrogens (tertiary/aromatic N) is 3. The van der Waals surface area contributed by atoms with Crippen molar-refractivity contribution < 1.29 is 0 Å². The highest BCUT2D eigenvalue weighted by atomic mass is 35.5. The summed E-state index contributed by atoms with van der Waals surface area (Å²) in [6.07, 6.45) is 1.65. The van der Waals surface area contributed by atoms with Crippen LogP contribution in [0.15, 0.2) is 12.3 Å². The highest BCUT2D eigenvalue weighted by molar-refractivity contribution is 6.33. The summed E-state index contributed by atoms with van der Waals surface area (Å²) < 4.78 is 1.61. The predicted molar refractivity (Wildman–Crippen MR) is 47.1 cm³/mol. The molecule has 0 aromatic carbocycles. The van der Waals surface area contributed by atoms with Crippen molar-refractivity contribution in [2.75, 3.05) is 5.73 Å². The SMILES string of the molecule is Cc1nc2cc(Cl)c(N)cn2n1. The molecule has 0 amide bonds. The van der Waals surface area contributed by atoms with E-state index in [1.54, 1.807) is 16.8 Å². The molecule has 0 aliphatic rings. The van der Waals surface area contributed by atoms with E-state index in [0.717, 1.165) is 0 Å². The van der Waals surface area contributed by atoms with Gasteiger partial charge in [0.1, 0.15) is 5.82 Å². The predicted octanol–water partition coefficient (Wildman–Crippen LogP) is 1.27. The first-order valence-corrected chi connectivity index (χ1v) is 3.82. The number of halogens is 1. The van der Waals surface area contributed by atoms with Crippen LogP contribution >= 0.6 is 11.6 Å². The van der Waals surface area contributed by atoms with Gasteiger partial charge in [0.15, 0.2) is 5.65 Å². The average molecular weight is 183 g/mol. The fourth-order valence-corrected chi connectivity index (χ4v) is 1.18. The molecule has 2 aromatic heterocycles. The Labute approximate surface area is 74.0 Å². The third-order valence-corrected chi connectivity index (χ3v) is 1.88. The quantitative estimate of drug-likeness (QED) is 0.668. The topological polar surface area (TPSA) is 56.2 Å². The largest absolute Gasteiger partial charge is 0.396 e. The first-order valence-electron chi connectivity index (χ1n) is 3.45. The van der Waals surface area contributed by atoms with E-state index in [4.69, 9.17) is 17.3 Å². The summed E-state index contributed by atoms with van der Waals surface area (Å²) in [5.41, 5.74) is 6.80. The van der Waals surface area contributed by atoms with Crippen molar-refractivity contribution in [3.63, 3.8) is 0 Å². The van der Waals surface area contributed by atoms with Crippen LogP contribution in [-0.2, 0) is 0 Å².